The van der Waals surface area contributed by atoms with Gasteiger partial charge in [0, 0.05) is 113 Å². The molecule has 0 saturated heterocycles. The van der Waals surface area contributed by atoms with Crippen molar-refractivity contribution in [2.75, 3.05) is 29.4 Å². The third-order valence-corrected chi connectivity index (χ3v) is 29.5. The SMILES string of the molecule is [2H]c1c([2H])c([2H])c(N(c2ccc3c(c2)N(c2ccc([Si](C)(C)C)cc2)c2cc(C)cc4c2B3c2oc3c(c2N4c2ccc(C(C)(C)C)cc2)C(C)(C)CCC3(C)C)c2c([2H])c([2H])c([2H])c([2H])c2[2H])c([2H])c1[2H].[2H]c1c([2H])c([2H])c(N(c2cccc(N(c3ccc([Si](C)(C)C)cc3)c3cc(C)cc(N(c4ccc(C(C)(C)C)cc4)c4coc5c4C(C)(C)CCC5(C)C)c3)c2)c2c([2H])c([2H])c([2H])c([2H])c2[2H])c([2H])c1[2H]. The molecule has 0 bridgehead atoms. The lowest BCUT2D eigenvalue weighted by Crippen LogP contribution is -2.61. The Morgan fingerprint density at radius 2 is 0.740 bits per heavy atom. The van der Waals surface area contributed by atoms with E-state index in [1.165, 1.54) is 42.4 Å². The molecule has 0 atom stereocenters. The summed E-state index contributed by atoms with van der Waals surface area (Å²) in [6, 6.07) is 46.1. The van der Waals surface area contributed by atoms with Crippen LogP contribution in [0.3, 0.4) is 0 Å². The number of rotatable bonds is 16. The van der Waals surface area contributed by atoms with Gasteiger partial charge in [-0.3, -0.25) is 0 Å². The van der Waals surface area contributed by atoms with E-state index in [0.29, 0.717) is 11.4 Å². The molecule has 123 heavy (non-hydrogen) atoms. The van der Waals surface area contributed by atoms with Gasteiger partial charge in [0.15, 0.2) is 0 Å². The van der Waals surface area contributed by atoms with E-state index >= 15 is 0 Å². The van der Waals surface area contributed by atoms with Gasteiger partial charge in [-0.25, -0.2) is 0 Å². The van der Waals surface area contributed by atoms with E-state index < -0.39 is 144 Å². The first-order valence-electron chi connectivity index (χ1n) is 52.9. The van der Waals surface area contributed by atoms with Gasteiger partial charge in [0.05, 0.1) is 60.6 Å². The average Bonchev–Trinajstić information content (AvgIpc) is 1.60. The van der Waals surface area contributed by atoms with Crippen molar-refractivity contribution in [3.05, 3.63) is 342 Å². The van der Waals surface area contributed by atoms with E-state index in [0.717, 1.165) is 122 Å². The van der Waals surface area contributed by atoms with Crippen LogP contribution >= 0.6 is 0 Å². The monoisotopic (exact) mass is 1670 g/mol. The van der Waals surface area contributed by atoms with Crippen LogP contribution in [0, 0.1) is 13.8 Å². The van der Waals surface area contributed by atoms with Crippen molar-refractivity contribution in [2.24, 2.45) is 0 Å². The molecule has 0 unspecified atom stereocenters. The highest BCUT2D eigenvalue weighted by Gasteiger charge is 2.53. The number of hydrogen-bond acceptors (Lipinski definition) is 8. The Labute approximate surface area is 764 Å². The third-order valence-electron chi connectivity index (χ3n) is 25.3. The summed E-state index contributed by atoms with van der Waals surface area (Å²) in [4.78, 5) is 11.5. The fraction of sp³-hybridized carbons (Fsp3) is 0.286. The quantitative estimate of drug-likeness (QED) is 0.0887. The number of aryl methyl sites for hydroxylation is 2. The maximum absolute atomic E-state index is 9.25. The lowest BCUT2D eigenvalue weighted by atomic mass is 9.35. The third kappa shape index (κ3) is 15.8. The number of furan rings is 2. The summed E-state index contributed by atoms with van der Waals surface area (Å²) >= 11 is 0. The Bertz CT molecular complexity index is 7270. The summed E-state index contributed by atoms with van der Waals surface area (Å²) in [5.74, 6) is 1.94. The van der Waals surface area contributed by atoms with E-state index in [1.807, 2.05) is 24.5 Å². The van der Waals surface area contributed by atoms with Crippen LogP contribution in [0.4, 0.5) is 102 Å². The van der Waals surface area contributed by atoms with Gasteiger partial charge in [-0.2, -0.15) is 0 Å². The lowest BCUT2D eigenvalue weighted by molar-refractivity contribution is 0.278. The highest BCUT2D eigenvalue weighted by molar-refractivity contribution is 6.99. The molecule has 11 heteroatoms. The second-order valence-corrected chi connectivity index (χ2v) is 50.6. The van der Waals surface area contributed by atoms with Gasteiger partial charge in [-0.1, -0.05) is 280 Å². The molecule has 8 nitrogen and oxygen atoms in total. The minimum Gasteiger partial charge on any atom is -0.472 e. The molecule has 4 heterocycles. The van der Waals surface area contributed by atoms with Gasteiger partial charge in [-0.05, 0) is 252 Å². The zero-order chi connectivity index (χ0) is 104. The number of fused-ring (bicyclic) bond motifs is 7. The topological polar surface area (TPSA) is 45.7 Å². The van der Waals surface area contributed by atoms with E-state index in [4.69, 9.17) is 30.8 Å². The maximum Gasteiger partial charge on any atom is 0.297 e. The van der Waals surface area contributed by atoms with Crippen LogP contribution in [0.5, 0.6) is 0 Å². The summed E-state index contributed by atoms with van der Waals surface area (Å²) in [5.41, 5.74) is 17.9. The first-order chi connectivity index (χ1) is 66.6. The normalized spacial score (nSPS) is 17.6. The Kier molecular flexibility index (Phi) is 16.0. The smallest absolute Gasteiger partial charge is 0.297 e. The van der Waals surface area contributed by atoms with Crippen LogP contribution in [0.2, 0.25) is 39.3 Å². The Morgan fingerprint density at radius 3 is 1.23 bits per heavy atom. The van der Waals surface area contributed by atoms with Crippen LogP contribution < -0.4 is 56.4 Å². The minimum absolute atomic E-state index is 0.0608. The fourth-order valence-corrected chi connectivity index (χ4v) is 20.7. The van der Waals surface area contributed by atoms with E-state index in [1.54, 1.807) is 24.3 Å². The number of anilines is 18. The average molecular weight is 1670 g/mol. The van der Waals surface area contributed by atoms with Crippen molar-refractivity contribution >= 4 is 152 Å². The first-order valence-corrected chi connectivity index (χ1v) is 49.9. The van der Waals surface area contributed by atoms with Crippen molar-refractivity contribution in [1.29, 1.82) is 0 Å². The van der Waals surface area contributed by atoms with Gasteiger partial charge in [0.1, 0.15) is 17.8 Å². The lowest BCUT2D eigenvalue weighted by Gasteiger charge is -2.44. The zero-order valence-corrected chi connectivity index (χ0v) is 77.1. The second-order valence-electron chi connectivity index (χ2n) is 40.4. The molecule has 2 aliphatic heterocycles. The molecule has 0 fully saturated rings. The largest absolute Gasteiger partial charge is 0.472 e. The van der Waals surface area contributed by atoms with Gasteiger partial charge >= 0.3 is 0 Å². The molecule has 0 radical (unpaired) electrons. The number of para-hydroxylation sites is 4. The van der Waals surface area contributed by atoms with Gasteiger partial charge in [0.25, 0.3) is 6.71 Å². The van der Waals surface area contributed by atoms with Gasteiger partial charge in [0.2, 0.25) is 0 Å². The Morgan fingerprint density at radius 1 is 0.366 bits per heavy atom. The number of nitrogens with zero attached hydrogens (tertiary/aromatic N) is 6. The molecule has 0 spiro atoms. The number of hydrogen-bond donors (Lipinski definition) is 0. The first kappa shape index (κ1) is 62.6. The Hall–Kier alpha value is -11.5. The zero-order valence-electron chi connectivity index (χ0n) is 95.1. The van der Waals surface area contributed by atoms with Crippen molar-refractivity contribution in [3.63, 3.8) is 0 Å². The van der Waals surface area contributed by atoms with Crippen LogP contribution in [-0.4, -0.2) is 22.9 Å². The molecule has 2 aliphatic carbocycles. The number of benzene rings is 12. The summed E-state index contributed by atoms with van der Waals surface area (Å²) < 4.78 is 191. The Balaban J connectivity index is 0.000000196. The molecule has 0 N–H and O–H groups in total. The highest BCUT2D eigenvalue weighted by Crippen LogP contribution is 2.58. The second kappa shape index (κ2) is 31.4. The molecule has 2 aromatic heterocycles. The minimum atomic E-state index is -1.76. The van der Waals surface area contributed by atoms with Gasteiger partial charge in [-0.15, -0.1) is 0 Å². The summed E-state index contributed by atoms with van der Waals surface area (Å²) in [6.07, 6.45) is 5.77. The van der Waals surface area contributed by atoms with Crippen LogP contribution in [0.25, 0.3) is 0 Å². The molecule has 14 aromatic rings. The van der Waals surface area contributed by atoms with Crippen molar-refractivity contribution in [1.82, 2.24) is 0 Å². The molecule has 12 aromatic carbocycles. The molecule has 624 valence electrons. The molecular weight excluding hydrogens is 1530 g/mol. The molecule has 18 rings (SSSR count). The summed E-state index contributed by atoms with van der Waals surface area (Å²) in [6.45, 7) is 49.0. The molecule has 0 amide bonds. The van der Waals surface area contributed by atoms with Crippen LogP contribution in [0.15, 0.2) is 306 Å². The summed E-state index contributed by atoms with van der Waals surface area (Å²) in [5, 5.41) is 2.53. The van der Waals surface area contributed by atoms with Crippen molar-refractivity contribution in [3.8, 4) is 0 Å². The van der Waals surface area contributed by atoms with E-state index in [-0.39, 0.29) is 66.6 Å². The maximum atomic E-state index is 9.25. The van der Waals surface area contributed by atoms with Gasteiger partial charge < -0.3 is 38.2 Å². The van der Waals surface area contributed by atoms with Crippen LogP contribution in [-0.2, 0) is 32.5 Å². The fourth-order valence-electron chi connectivity index (χ4n) is 18.4. The molecular formula is C112H123BN6O2Si2. The van der Waals surface area contributed by atoms with Crippen molar-refractivity contribution < 1.29 is 36.2 Å². The van der Waals surface area contributed by atoms with Crippen molar-refractivity contribution in [2.45, 2.75) is 208 Å². The summed E-state index contributed by atoms with van der Waals surface area (Å²) in [7, 11) is -3.50. The predicted molar refractivity (Wildman–Crippen MR) is 534 cm³/mol. The van der Waals surface area contributed by atoms with E-state index in [2.05, 4.69) is 297 Å². The molecule has 0 saturated carbocycles. The van der Waals surface area contributed by atoms with E-state index in [9.17, 15) is 5.48 Å². The predicted octanol–water partition coefficient (Wildman–Crippen LogP) is 29.5. The highest BCUT2D eigenvalue weighted by atomic mass is 28.3. The standard InChI is InChI=1S/C56H60BN3OSi.C56H63N3OSi/c1-37-34-47-50-48(35-37)60(42-24-22-38(23-25-42)54(2,3)4)51-49-52(56(7,8)33-32-55(49,5)6)61-53(51)57(50)45-31-28-43(58(39-18-14-12-15-19-39)40-20-16-13-17-21-40)36-46(45)59(47)41-26-29-44(30-27-41)62(9,10)11;1-40-35-48(38-49(36-40)59(45-27-25-41(26-28-45)54(2,3)4)51-39-60-53-52(51)55(5,6)33-34-56(53,7)8)58(44-29-31-50(32-30-44)61(9,10)11)47-24-18-23-46(37-47)57(42-19-14-12-15-20-42)43-21-16-13-17-22-43/h12-31,34-36H,32-33H2,1-11H3;12-32,35-39H,33-34H2,1-11H3/i12D,13D,14D,15D,16D,17D,18D,19D,20D,21D;12D,13D,14D,15D,16D,17D,19D,20D,21D,22D. The molecule has 4 aliphatic rings. The van der Waals surface area contributed by atoms with Crippen LogP contribution in [0.1, 0.15) is 195 Å².